The summed E-state index contributed by atoms with van der Waals surface area (Å²) >= 11 is 0. The maximum Gasteiger partial charge on any atom is 0.241 e. The van der Waals surface area contributed by atoms with Crippen LogP contribution >= 0.6 is 0 Å². The summed E-state index contributed by atoms with van der Waals surface area (Å²) in [6.07, 6.45) is 1.89. The summed E-state index contributed by atoms with van der Waals surface area (Å²) in [6.45, 7) is 3.31. The van der Waals surface area contributed by atoms with Crippen molar-refractivity contribution in [3.63, 3.8) is 0 Å². The SMILES string of the molecule is CNCC1CCCN(S(=O)(=O)C(C)C(=O)N(C)C)C1. The summed E-state index contributed by atoms with van der Waals surface area (Å²) in [5.41, 5.74) is 0. The second-order valence-corrected chi connectivity index (χ2v) is 7.60. The van der Waals surface area contributed by atoms with Gasteiger partial charge in [0, 0.05) is 27.2 Å². The summed E-state index contributed by atoms with van der Waals surface area (Å²) in [6, 6.07) is 0. The third kappa shape index (κ3) is 3.90. The fraction of sp³-hybridized carbons (Fsp3) is 0.917. The maximum atomic E-state index is 12.4. The Morgan fingerprint density at radius 2 is 2.11 bits per heavy atom. The Labute approximate surface area is 116 Å². The summed E-state index contributed by atoms with van der Waals surface area (Å²) in [7, 11) is 1.48. The predicted octanol–water partition coefficient (Wildman–Crippen LogP) is -0.276. The lowest BCUT2D eigenvalue weighted by atomic mass is 10.00. The average Bonchev–Trinajstić information content (AvgIpc) is 2.37. The molecule has 0 bridgehead atoms. The topological polar surface area (TPSA) is 69.7 Å². The van der Waals surface area contributed by atoms with Gasteiger partial charge in [-0.05, 0) is 39.3 Å². The number of nitrogens with one attached hydrogen (secondary N) is 1. The molecule has 7 heteroatoms. The van der Waals surface area contributed by atoms with Crippen molar-refractivity contribution < 1.29 is 13.2 Å². The molecule has 0 aromatic carbocycles. The van der Waals surface area contributed by atoms with Gasteiger partial charge in [-0.25, -0.2) is 12.7 Å². The molecule has 0 aromatic rings. The molecule has 1 heterocycles. The van der Waals surface area contributed by atoms with Gasteiger partial charge in [0.05, 0.1) is 0 Å². The normalized spacial score (nSPS) is 23.1. The standard InChI is InChI=1S/C12H25N3O3S/c1-10(12(16)14(3)4)19(17,18)15-7-5-6-11(9-15)8-13-2/h10-11,13H,5-9H2,1-4H3. The number of sulfonamides is 1. The first-order valence-corrected chi connectivity index (χ1v) is 8.15. The molecule has 1 aliphatic heterocycles. The first kappa shape index (κ1) is 16.4. The smallest absolute Gasteiger partial charge is 0.241 e. The molecule has 2 unspecified atom stereocenters. The molecule has 0 spiro atoms. The number of carbonyl (C=O) groups excluding carboxylic acids is 1. The fourth-order valence-corrected chi connectivity index (χ4v) is 4.14. The van der Waals surface area contributed by atoms with Gasteiger partial charge >= 0.3 is 0 Å². The van der Waals surface area contributed by atoms with E-state index in [4.69, 9.17) is 0 Å². The lowest BCUT2D eigenvalue weighted by Gasteiger charge is -2.33. The second-order valence-electron chi connectivity index (χ2n) is 5.34. The lowest BCUT2D eigenvalue weighted by molar-refractivity contribution is -0.128. The van der Waals surface area contributed by atoms with Crippen molar-refractivity contribution in [1.82, 2.24) is 14.5 Å². The Bertz CT molecular complexity index is 406. The van der Waals surface area contributed by atoms with Gasteiger partial charge in [0.2, 0.25) is 15.9 Å². The quantitative estimate of drug-likeness (QED) is 0.757. The van der Waals surface area contributed by atoms with Crippen LogP contribution in [-0.4, -0.2) is 69.6 Å². The molecule has 0 radical (unpaired) electrons. The highest BCUT2D eigenvalue weighted by Gasteiger charge is 2.36. The monoisotopic (exact) mass is 291 g/mol. The van der Waals surface area contributed by atoms with E-state index in [0.29, 0.717) is 19.0 Å². The van der Waals surface area contributed by atoms with Gasteiger partial charge in [-0.3, -0.25) is 4.79 Å². The minimum atomic E-state index is -3.54. The van der Waals surface area contributed by atoms with E-state index in [1.54, 1.807) is 14.1 Å². The van der Waals surface area contributed by atoms with Crippen molar-refractivity contribution in [3.05, 3.63) is 0 Å². The van der Waals surface area contributed by atoms with Gasteiger partial charge in [0.15, 0.2) is 5.25 Å². The van der Waals surface area contributed by atoms with Crippen molar-refractivity contribution in [2.24, 2.45) is 5.92 Å². The fourth-order valence-electron chi connectivity index (χ4n) is 2.43. The molecule has 1 N–H and O–H groups in total. The largest absolute Gasteiger partial charge is 0.348 e. The number of hydrogen-bond donors (Lipinski definition) is 1. The van der Waals surface area contributed by atoms with Gasteiger partial charge in [-0.2, -0.15) is 0 Å². The number of carbonyl (C=O) groups is 1. The predicted molar refractivity (Wildman–Crippen MR) is 75.3 cm³/mol. The zero-order valence-corrected chi connectivity index (χ0v) is 13.0. The molecule has 0 saturated carbocycles. The van der Waals surface area contributed by atoms with Gasteiger partial charge < -0.3 is 10.2 Å². The summed E-state index contributed by atoms with van der Waals surface area (Å²) < 4.78 is 26.4. The van der Waals surface area contributed by atoms with E-state index in [1.807, 2.05) is 7.05 Å². The van der Waals surface area contributed by atoms with E-state index in [2.05, 4.69) is 5.32 Å². The highest BCUT2D eigenvalue weighted by Crippen LogP contribution is 2.21. The Morgan fingerprint density at radius 1 is 1.47 bits per heavy atom. The van der Waals surface area contributed by atoms with Crippen LogP contribution in [0.15, 0.2) is 0 Å². The van der Waals surface area contributed by atoms with Crippen LogP contribution in [0.5, 0.6) is 0 Å². The number of hydrogen-bond acceptors (Lipinski definition) is 4. The van der Waals surface area contributed by atoms with Crippen LogP contribution in [0.4, 0.5) is 0 Å². The summed E-state index contributed by atoms with van der Waals surface area (Å²) in [5, 5.41) is 2.08. The maximum absolute atomic E-state index is 12.4. The van der Waals surface area contributed by atoms with Crippen LogP contribution in [-0.2, 0) is 14.8 Å². The van der Waals surface area contributed by atoms with Crippen molar-refractivity contribution in [2.45, 2.75) is 25.0 Å². The number of rotatable bonds is 5. The van der Waals surface area contributed by atoms with E-state index in [1.165, 1.54) is 16.1 Å². The molecule has 1 aliphatic rings. The van der Waals surface area contributed by atoms with Crippen LogP contribution < -0.4 is 5.32 Å². The van der Waals surface area contributed by atoms with Crippen LogP contribution in [0.3, 0.4) is 0 Å². The van der Waals surface area contributed by atoms with Crippen molar-refractivity contribution in [1.29, 1.82) is 0 Å². The van der Waals surface area contributed by atoms with E-state index < -0.39 is 15.3 Å². The molecule has 1 fully saturated rings. The molecule has 112 valence electrons. The average molecular weight is 291 g/mol. The van der Waals surface area contributed by atoms with Crippen LogP contribution in [0.1, 0.15) is 19.8 Å². The Morgan fingerprint density at radius 3 is 2.63 bits per heavy atom. The van der Waals surface area contributed by atoms with E-state index in [0.717, 1.165) is 19.4 Å². The molecule has 0 aromatic heterocycles. The second kappa shape index (κ2) is 6.67. The molecule has 2 atom stereocenters. The Hall–Kier alpha value is -0.660. The first-order valence-electron chi connectivity index (χ1n) is 6.65. The summed E-state index contributed by atoms with van der Waals surface area (Å²) in [4.78, 5) is 13.2. The highest BCUT2D eigenvalue weighted by atomic mass is 32.2. The van der Waals surface area contributed by atoms with E-state index in [9.17, 15) is 13.2 Å². The molecule has 6 nitrogen and oxygen atoms in total. The van der Waals surface area contributed by atoms with Crippen molar-refractivity contribution >= 4 is 15.9 Å². The minimum absolute atomic E-state index is 0.329. The van der Waals surface area contributed by atoms with Gasteiger partial charge in [-0.1, -0.05) is 0 Å². The molecule has 1 saturated heterocycles. The lowest BCUT2D eigenvalue weighted by Crippen LogP contribution is -2.49. The third-order valence-corrected chi connectivity index (χ3v) is 5.72. The van der Waals surface area contributed by atoms with Gasteiger partial charge in [-0.15, -0.1) is 0 Å². The van der Waals surface area contributed by atoms with Crippen LogP contribution in [0, 0.1) is 5.92 Å². The molecule has 1 amide bonds. The zero-order valence-electron chi connectivity index (χ0n) is 12.2. The summed E-state index contributed by atoms with van der Waals surface area (Å²) in [5.74, 6) is -0.0362. The molecular formula is C12H25N3O3S. The Kier molecular flexibility index (Phi) is 5.76. The van der Waals surface area contributed by atoms with Gasteiger partial charge in [0.1, 0.15) is 0 Å². The van der Waals surface area contributed by atoms with Crippen LogP contribution in [0.2, 0.25) is 0 Å². The third-order valence-electron chi connectivity index (χ3n) is 3.57. The molecule has 0 aliphatic carbocycles. The Balaban J connectivity index is 2.79. The molecular weight excluding hydrogens is 266 g/mol. The number of piperidine rings is 1. The number of nitrogens with zero attached hydrogens (tertiary/aromatic N) is 2. The van der Waals surface area contributed by atoms with E-state index in [-0.39, 0.29) is 5.91 Å². The van der Waals surface area contributed by atoms with Crippen molar-refractivity contribution in [3.8, 4) is 0 Å². The highest BCUT2D eigenvalue weighted by molar-refractivity contribution is 7.90. The minimum Gasteiger partial charge on any atom is -0.348 e. The van der Waals surface area contributed by atoms with Gasteiger partial charge in [0.25, 0.3) is 0 Å². The van der Waals surface area contributed by atoms with Crippen LogP contribution in [0.25, 0.3) is 0 Å². The molecule has 19 heavy (non-hydrogen) atoms. The van der Waals surface area contributed by atoms with Crippen molar-refractivity contribution in [2.75, 3.05) is 40.8 Å². The zero-order chi connectivity index (χ0) is 14.6. The number of amides is 1. The first-order chi connectivity index (χ1) is 8.80. The molecule has 1 rings (SSSR count). The van der Waals surface area contributed by atoms with E-state index >= 15 is 0 Å².